The second-order valence-corrected chi connectivity index (χ2v) is 1.46. The van der Waals surface area contributed by atoms with Crippen LogP contribution in [0.15, 0.2) is 0 Å². The highest BCUT2D eigenvalue weighted by Crippen LogP contribution is 2.20. The lowest BCUT2D eigenvalue weighted by Gasteiger charge is -1.83. The Hall–Kier alpha value is -0.610. The summed E-state index contributed by atoms with van der Waals surface area (Å²) in [4.78, 5) is 9.53. The SMILES string of the molecule is O=COC1OC1CO. The Morgan fingerprint density at radius 3 is 3.00 bits per heavy atom. The van der Waals surface area contributed by atoms with Gasteiger partial charge in [-0.3, -0.25) is 4.79 Å². The third-order valence-corrected chi connectivity index (χ3v) is 0.905. The summed E-state index contributed by atoms with van der Waals surface area (Å²) in [5.74, 6) is 0. The van der Waals surface area contributed by atoms with E-state index in [1.54, 1.807) is 0 Å². The maximum atomic E-state index is 9.53. The van der Waals surface area contributed by atoms with Crippen molar-refractivity contribution in [2.45, 2.75) is 12.4 Å². The number of aliphatic hydroxyl groups is 1. The minimum atomic E-state index is -0.488. The second kappa shape index (κ2) is 2.11. The van der Waals surface area contributed by atoms with Crippen molar-refractivity contribution in [1.82, 2.24) is 0 Å². The van der Waals surface area contributed by atoms with Crippen molar-refractivity contribution in [3.8, 4) is 0 Å². The van der Waals surface area contributed by atoms with E-state index < -0.39 is 6.29 Å². The van der Waals surface area contributed by atoms with Crippen molar-refractivity contribution < 1.29 is 19.4 Å². The van der Waals surface area contributed by atoms with Crippen molar-refractivity contribution in [2.75, 3.05) is 6.61 Å². The highest BCUT2D eigenvalue weighted by molar-refractivity contribution is 5.37. The maximum absolute atomic E-state index is 9.53. The van der Waals surface area contributed by atoms with Gasteiger partial charge in [0.25, 0.3) is 6.47 Å². The van der Waals surface area contributed by atoms with Crippen LogP contribution in [0, 0.1) is 0 Å². The average Bonchev–Trinajstić information content (AvgIpc) is 2.48. The zero-order chi connectivity index (χ0) is 5.98. The van der Waals surface area contributed by atoms with E-state index in [1.807, 2.05) is 0 Å². The number of aliphatic hydroxyl groups excluding tert-OH is 1. The first-order valence-corrected chi connectivity index (χ1v) is 2.24. The Kier molecular flexibility index (Phi) is 1.45. The third kappa shape index (κ3) is 0.962. The number of carbonyl (C=O) groups is 1. The van der Waals surface area contributed by atoms with Crippen molar-refractivity contribution in [3.63, 3.8) is 0 Å². The van der Waals surface area contributed by atoms with Gasteiger partial charge in [-0.05, 0) is 0 Å². The molecule has 1 N–H and O–H groups in total. The average molecular weight is 118 g/mol. The number of ether oxygens (including phenoxy) is 2. The van der Waals surface area contributed by atoms with Gasteiger partial charge in [0.1, 0.15) is 6.10 Å². The summed E-state index contributed by atoms with van der Waals surface area (Å²) in [7, 11) is 0. The van der Waals surface area contributed by atoms with Crippen LogP contribution in [-0.2, 0) is 14.3 Å². The Morgan fingerprint density at radius 1 is 1.88 bits per heavy atom. The molecule has 0 aromatic carbocycles. The van der Waals surface area contributed by atoms with Crippen molar-refractivity contribution >= 4 is 6.47 Å². The van der Waals surface area contributed by atoms with E-state index in [2.05, 4.69) is 9.47 Å². The summed E-state index contributed by atoms with van der Waals surface area (Å²) < 4.78 is 8.90. The van der Waals surface area contributed by atoms with Crippen molar-refractivity contribution in [1.29, 1.82) is 0 Å². The van der Waals surface area contributed by atoms with Crippen LogP contribution >= 0.6 is 0 Å². The lowest BCUT2D eigenvalue weighted by Crippen LogP contribution is -2.01. The van der Waals surface area contributed by atoms with Gasteiger partial charge >= 0.3 is 0 Å². The molecule has 0 amide bonds. The van der Waals surface area contributed by atoms with Crippen LogP contribution in [0.25, 0.3) is 0 Å². The Morgan fingerprint density at radius 2 is 2.62 bits per heavy atom. The molecule has 1 fully saturated rings. The second-order valence-electron chi connectivity index (χ2n) is 1.46. The topological polar surface area (TPSA) is 59.1 Å². The summed E-state index contributed by atoms with van der Waals surface area (Å²) in [6.07, 6.45) is -0.766. The van der Waals surface area contributed by atoms with Gasteiger partial charge in [0.2, 0.25) is 6.29 Å². The molecule has 1 aliphatic rings. The molecule has 4 heteroatoms. The Balaban J connectivity index is 2.07. The summed E-state index contributed by atoms with van der Waals surface area (Å²) in [5.41, 5.74) is 0. The van der Waals surface area contributed by atoms with Gasteiger partial charge in [-0.25, -0.2) is 0 Å². The minimum absolute atomic E-state index is 0.0848. The largest absolute Gasteiger partial charge is 0.435 e. The van der Waals surface area contributed by atoms with Crippen LogP contribution in [0.5, 0.6) is 0 Å². The molecular weight excluding hydrogens is 112 g/mol. The third-order valence-electron chi connectivity index (χ3n) is 0.905. The van der Waals surface area contributed by atoms with E-state index in [-0.39, 0.29) is 12.7 Å². The molecule has 8 heavy (non-hydrogen) atoms. The molecule has 0 aromatic heterocycles. The van der Waals surface area contributed by atoms with E-state index >= 15 is 0 Å². The van der Waals surface area contributed by atoms with E-state index in [9.17, 15) is 4.79 Å². The van der Waals surface area contributed by atoms with Crippen LogP contribution in [0.4, 0.5) is 0 Å². The Labute approximate surface area is 46.0 Å². The van der Waals surface area contributed by atoms with Crippen LogP contribution in [-0.4, -0.2) is 30.6 Å². The highest BCUT2D eigenvalue weighted by atomic mass is 16.8. The predicted octanol–water partition coefficient (Wildman–Crippen LogP) is -1.12. The van der Waals surface area contributed by atoms with Gasteiger partial charge in [0.05, 0.1) is 6.61 Å². The number of hydrogen-bond acceptors (Lipinski definition) is 4. The lowest BCUT2D eigenvalue weighted by atomic mass is 10.5. The molecule has 0 aromatic rings. The number of hydrogen-bond donors (Lipinski definition) is 1. The fraction of sp³-hybridized carbons (Fsp3) is 0.750. The summed E-state index contributed by atoms with van der Waals surface area (Å²) >= 11 is 0. The fourth-order valence-corrected chi connectivity index (χ4v) is 0.430. The molecule has 0 aliphatic carbocycles. The molecule has 0 saturated carbocycles. The highest BCUT2D eigenvalue weighted by Gasteiger charge is 2.40. The van der Waals surface area contributed by atoms with Gasteiger partial charge in [-0.2, -0.15) is 0 Å². The predicted molar refractivity (Wildman–Crippen MR) is 22.9 cm³/mol. The summed E-state index contributed by atoms with van der Waals surface area (Å²) in [6, 6.07) is 0. The van der Waals surface area contributed by atoms with Gasteiger partial charge in [-0.15, -0.1) is 0 Å². The molecule has 2 atom stereocenters. The Bertz CT molecular complexity index is 92.0. The maximum Gasteiger partial charge on any atom is 0.295 e. The normalized spacial score (nSPS) is 34.1. The zero-order valence-electron chi connectivity index (χ0n) is 4.11. The molecule has 4 nitrogen and oxygen atoms in total. The first-order chi connectivity index (χ1) is 3.88. The van der Waals surface area contributed by atoms with Crippen molar-refractivity contribution in [3.05, 3.63) is 0 Å². The smallest absolute Gasteiger partial charge is 0.295 e. The van der Waals surface area contributed by atoms with Crippen LogP contribution in [0.3, 0.4) is 0 Å². The monoisotopic (exact) mass is 118 g/mol. The van der Waals surface area contributed by atoms with E-state index in [1.165, 1.54) is 0 Å². The molecule has 1 heterocycles. The van der Waals surface area contributed by atoms with Gasteiger partial charge < -0.3 is 14.6 Å². The summed E-state index contributed by atoms with van der Waals surface area (Å²) in [6.45, 7) is 0.221. The number of rotatable bonds is 3. The zero-order valence-corrected chi connectivity index (χ0v) is 4.11. The van der Waals surface area contributed by atoms with Gasteiger partial charge in [0, 0.05) is 0 Å². The molecule has 46 valence electrons. The molecule has 0 bridgehead atoms. The standard InChI is InChI=1S/C4H6O4/c5-1-3-4(8-3)7-2-6/h2-5H,1H2. The van der Waals surface area contributed by atoms with E-state index in [4.69, 9.17) is 5.11 Å². The van der Waals surface area contributed by atoms with Crippen LogP contribution in [0.2, 0.25) is 0 Å². The first-order valence-electron chi connectivity index (χ1n) is 2.24. The molecule has 0 radical (unpaired) electrons. The van der Waals surface area contributed by atoms with Gasteiger partial charge in [-0.1, -0.05) is 0 Å². The molecule has 0 spiro atoms. The molecular formula is C4H6O4. The molecule has 1 rings (SSSR count). The molecule has 1 saturated heterocycles. The first kappa shape index (κ1) is 5.53. The molecule has 1 aliphatic heterocycles. The number of epoxide rings is 1. The van der Waals surface area contributed by atoms with Gasteiger partial charge in [0.15, 0.2) is 0 Å². The van der Waals surface area contributed by atoms with E-state index in [0.717, 1.165) is 0 Å². The minimum Gasteiger partial charge on any atom is -0.435 e. The lowest BCUT2D eigenvalue weighted by molar-refractivity contribution is -0.133. The number of carbonyl (C=O) groups excluding carboxylic acids is 1. The fourth-order valence-electron chi connectivity index (χ4n) is 0.430. The summed E-state index contributed by atoms with van der Waals surface area (Å²) in [5, 5.41) is 8.28. The van der Waals surface area contributed by atoms with E-state index in [0.29, 0.717) is 6.47 Å². The van der Waals surface area contributed by atoms with Crippen LogP contribution in [0.1, 0.15) is 0 Å². The van der Waals surface area contributed by atoms with Crippen molar-refractivity contribution in [2.24, 2.45) is 0 Å². The molecule has 2 unspecified atom stereocenters. The van der Waals surface area contributed by atoms with Crippen LogP contribution < -0.4 is 0 Å². The quantitative estimate of drug-likeness (QED) is 0.376.